The van der Waals surface area contributed by atoms with Crippen molar-refractivity contribution in [2.75, 3.05) is 12.5 Å². The van der Waals surface area contributed by atoms with E-state index in [1.165, 1.54) is 12.1 Å². The largest absolute Gasteiger partial charge is 0.496 e. The maximum absolute atomic E-state index is 11.0. The van der Waals surface area contributed by atoms with Crippen molar-refractivity contribution in [3.05, 3.63) is 71.8 Å². The van der Waals surface area contributed by atoms with Gasteiger partial charge < -0.3 is 9.84 Å². The molecule has 0 spiro atoms. The number of hydrogen-bond donors (Lipinski definition) is 2. The molecule has 0 aliphatic rings. The quantitative estimate of drug-likeness (QED) is 0.551. The summed E-state index contributed by atoms with van der Waals surface area (Å²) >= 11 is 0. The fourth-order valence-electron chi connectivity index (χ4n) is 2.48. The second-order valence-corrected chi connectivity index (χ2v) is 5.16. The van der Waals surface area contributed by atoms with Crippen LogP contribution in [-0.4, -0.2) is 24.4 Å². The molecule has 0 bridgehead atoms. The molecule has 0 heterocycles. The van der Waals surface area contributed by atoms with Gasteiger partial charge in [0.1, 0.15) is 5.75 Å². The first-order valence-corrected chi connectivity index (χ1v) is 7.37. The zero-order valence-corrected chi connectivity index (χ0v) is 13.1. The molecular formula is C19H16N2O3. The third kappa shape index (κ3) is 3.20. The standard InChI is InChI=1S/C19H16N2O3/c1-24-18-10-9-13-5-2-3-8-16(13)17(18)12-20-21-15-7-4-6-14(11-15)19(22)23/h2-12,21H,1H3,(H,22,23)/b20-12-. The molecule has 0 saturated carbocycles. The molecule has 0 amide bonds. The smallest absolute Gasteiger partial charge is 0.335 e. The zero-order valence-electron chi connectivity index (χ0n) is 13.1. The summed E-state index contributed by atoms with van der Waals surface area (Å²) in [7, 11) is 1.62. The predicted molar refractivity (Wildman–Crippen MR) is 95.1 cm³/mol. The molecule has 3 aromatic rings. The monoisotopic (exact) mass is 320 g/mol. The van der Waals surface area contributed by atoms with E-state index in [2.05, 4.69) is 10.5 Å². The summed E-state index contributed by atoms with van der Waals surface area (Å²) in [5.74, 6) is -0.253. The highest BCUT2D eigenvalue weighted by Crippen LogP contribution is 2.26. The molecule has 0 radical (unpaired) electrons. The van der Waals surface area contributed by atoms with Crippen molar-refractivity contribution in [3.63, 3.8) is 0 Å². The maximum Gasteiger partial charge on any atom is 0.335 e. The van der Waals surface area contributed by atoms with Crippen LogP contribution in [-0.2, 0) is 0 Å². The molecule has 0 atom stereocenters. The van der Waals surface area contributed by atoms with Crippen LogP contribution in [0.3, 0.4) is 0 Å². The van der Waals surface area contributed by atoms with Crippen LogP contribution in [0.15, 0.2) is 65.8 Å². The molecule has 2 N–H and O–H groups in total. The van der Waals surface area contributed by atoms with Crippen LogP contribution >= 0.6 is 0 Å². The van der Waals surface area contributed by atoms with E-state index in [9.17, 15) is 4.79 Å². The van der Waals surface area contributed by atoms with Crippen LogP contribution in [0.1, 0.15) is 15.9 Å². The summed E-state index contributed by atoms with van der Waals surface area (Å²) in [5, 5.41) is 15.4. The fraction of sp³-hybridized carbons (Fsp3) is 0.0526. The van der Waals surface area contributed by atoms with Crippen molar-refractivity contribution in [1.82, 2.24) is 0 Å². The van der Waals surface area contributed by atoms with E-state index in [1.54, 1.807) is 25.5 Å². The van der Waals surface area contributed by atoms with Gasteiger partial charge in [0.25, 0.3) is 0 Å². The number of methoxy groups -OCH3 is 1. The summed E-state index contributed by atoms with van der Waals surface area (Å²) in [6.45, 7) is 0. The van der Waals surface area contributed by atoms with Gasteiger partial charge in [0.15, 0.2) is 0 Å². The summed E-state index contributed by atoms with van der Waals surface area (Å²) in [6, 6.07) is 18.3. The Labute approximate surface area is 139 Å². The number of nitrogens with one attached hydrogen (secondary N) is 1. The zero-order chi connectivity index (χ0) is 16.9. The van der Waals surface area contributed by atoms with Crippen LogP contribution in [0.2, 0.25) is 0 Å². The lowest BCUT2D eigenvalue weighted by atomic mass is 10.0. The molecule has 5 nitrogen and oxygen atoms in total. The van der Waals surface area contributed by atoms with E-state index in [-0.39, 0.29) is 5.56 Å². The molecule has 120 valence electrons. The number of nitrogens with zero attached hydrogens (tertiary/aromatic N) is 1. The van der Waals surface area contributed by atoms with Gasteiger partial charge in [-0.25, -0.2) is 4.79 Å². The van der Waals surface area contributed by atoms with Crippen LogP contribution in [0.5, 0.6) is 5.75 Å². The Hall–Kier alpha value is -3.34. The van der Waals surface area contributed by atoms with Gasteiger partial charge in [0.05, 0.1) is 24.6 Å². The van der Waals surface area contributed by atoms with E-state index in [0.29, 0.717) is 5.69 Å². The molecule has 0 aliphatic carbocycles. The number of hydrogen-bond acceptors (Lipinski definition) is 4. The number of carbonyl (C=O) groups is 1. The molecule has 0 fully saturated rings. The molecule has 0 aliphatic heterocycles. The van der Waals surface area contributed by atoms with Crippen molar-refractivity contribution >= 4 is 28.6 Å². The Bertz CT molecular complexity index is 919. The van der Waals surface area contributed by atoms with Crippen molar-refractivity contribution in [2.45, 2.75) is 0 Å². The highest BCUT2D eigenvalue weighted by Gasteiger charge is 2.06. The van der Waals surface area contributed by atoms with Gasteiger partial charge in [0, 0.05) is 5.56 Å². The first-order chi connectivity index (χ1) is 11.7. The van der Waals surface area contributed by atoms with E-state index in [4.69, 9.17) is 9.84 Å². The maximum atomic E-state index is 11.0. The van der Waals surface area contributed by atoms with E-state index in [1.807, 2.05) is 36.4 Å². The van der Waals surface area contributed by atoms with Crippen LogP contribution in [0.4, 0.5) is 5.69 Å². The number of aromatic carboxylic acids is 1. The third-order valence-electron chi connectivity index (χ3n) is 3.65. The van der Waals surface area contributed by atoms with Crippen molar-refractivity contribution in [2.24, 2.45) is 5.10 Å². The van der Waals surface area contributed by atoms with Crippen LogP contribution in [0.25, 0.3) is 10.8 Å². The number of benzene rings is 3. The van der Waals surface area contributed by atoms with Crippen molar-refractivity contribution < 1.29 is 14.6 Å². The lowest BCUT2D eigenvalue weighted by Gasteiger charge is -2.08. The molecule has 0 saturated heterocycles. The average Bonchev–Trinajstić information content (AvgIpc) is 2.62. The van der Waals surface area contributed by atoms with Gasteiger partial charge >= 0.3 is 5.97 Å². The second-order valence-electron chi connectivity index (χ2n) is 5.16. The minimum absolute atomic E-state index is 0.206. The Morgan fingerprint density at radius 1 is 1.12 bits per heavy atom. The van der Waals surface area contributed by atoms with Crippen molar-refractivity contribution in [1.29, 1.82) is 0 Å². The molecule has 24 heavy (non-hydrogen) atoms. The Morgan fingerprint density at radius 2 is 1.96 bits per heavy atom. The number of carboxylic acid groups (broad SMARTS) is 1. The first kappa shape index (κ1) is 15.6. The number of carboxylic acids is 1. The molecule has 0 aromatic heterocycles. The summed E-state index contributed by atoms with van der Waals surface area (Å²) in [4.78, 5) is 11.0. The number of anilines is 1. The van der Waals surface area contributed by atoms with Gasteiger partial charge in [0.2, 0.25) is 0 Å². The summed E-state index contributed by atoms with van der Waals surface area (Å²) in [5.41, 5.74) is 4.52. The van der Waals surface area contributed by atoms with Gasteiger partial charge in [-0.3, -0.25) is 5.43 Å². The second kappa shape index (κ2) is 6.83. The topological polar surface area (TPSA) is 70.9 Å². The minimum Gasteiger partial charge on any atom is -0.496 e. The lowest BCUT2D eigenvalue weighted by molar-refractivity contribution is 0.0697. The summed E-state index contributed by atoms with van der Waals surface area (Å²) in [6.07, 6.45) is 1.68. The number of hydrazone groups is 1. The van der Waals surface area contributed by atoms with Crippen molar-refractivity contribution in [3.8, 4) is 5.75 Å². The number of rotatable bonds is 5. The number of ether oxygens (including phenoxy) is 1. The molecule has 3 rings (SSSR count). The van der Waals surface area contributed by atoms with Gasteiger partial charge in [-0.15, -0.1) is 0 Å². The lowest BCUT2D eigenvalue weighted by Crippen LogP contribution is -1.98. The van der Waals surface area contributed by atoms with E-state index < -0.39 is 5.97 Å². The fourth-order valence-corrected chi connectivity index (χ4v) is 2.48. The summed E-state index contributed by atoms with van der Waals surface area (Å²) < 4.78 is 5.41. The number of fused-ring (bicyclic) bond motifs is 1. The normalized spacial score (nSPS) is 10.9. The SMILES string of the molecule is COc1ccc2ccccc2c1/C=N\Nc1cccc(C(=O)O)c1. The third-order valence-corrected chi connectivity index (χ3v) is 3.65. The Balaban J connectivity index is 1.90. The minimum atomic E-state index is -0.974. The highest BCUT2D eigenvalue weighted by molar-refractivity contribution is 6.02. The average molecular weight is 320 g/mol. The van der Waals surface area contributed by atoms with Gasteiger partial charge in [-0.1, -0.05) is 36.4 Å². The Kier molecular flexibility index (Phi) is 4.43. The first-order valence-electron chi connectivity index (χ1n) is 7.37. The van der Waals surface area contributed by atoms with Gasteiger partial charge in [-0.05, 0) is 35.0 Å². The molecule has 3 aromatic carbocycles. The van der Waals surface area contributed by atoms with E-state index in [0.717, 1.165) is 22.1 Å². The predicted octanol–water partition coefficient (Wildman–Crippen LogP) is 3.99. The molecule has 5 heteroatoms. The van der Waals surface area contributed by atoms with Crippen LogP contribution < -0.4 is 10.2 Å². The highest BCUT2D eigenvalue weighted by atomic mass is 16.5. The van der Waals surface area contributed by atoms with Gasteiger partial charge in [-0.2, -0.15) is 5.10 Å². The van der Waals surface area contributed by atoms with E-state index >= 15 is 0 Å². The van der Waals surface area contributed by atoms with Crippen LogP contribution in [0, 0.1) is 0 Å². The molecular weight excluding hydrogens is 304 g/mol. The Morgan fingerprint density at radius 3 is 2.75 bits per heavy atom. The molecule has 0 unspecified atom stereocenters.